The molecule has 0 fully saturated rings. The highest BCUT2D eigenvalue weighted by atomic mass is 16.5. The predicted molar refractivity (Wildman–Crippen MR) is 116 cm³/mol. The van der Waals surface area contributed by atoms with Crippen LogP contribution in [0.3, 0.4) is 0 Å². The van der Waals surface area contributed by atoms with Crippen molar-refractivity contribution in [2.24, 2.45) is 0 Å². The summed E-state index contributed by atoms with van der Waals surface area (Å²) in [6.07, 6.45) is 1.40. The van der Waals surface area contributed by atoms with Gasteiger partial charge in [-0.1, -0.05) is 18.2 Å². The first-order chi connectivity index (χ1) is 15.5. The van der Waals surface area contributed by atoms with Crippen LogP contribution in [0.25, 0.3) is 22.1 Å². The fourth-order valence-corrected chi connectivity index (χ4v) is 4.10. The van der Waals surface area contributed by atoms with Gasteiger partial charge in [0.15, 0.2) is 11.5 Å². The Morgan fingerprint density at radius 1 is 1.00 bits per heavy atom. The minimum Gasteiger partial charge on any atom is -0.508 e. The average molecular weight is 430 g/mol. The lowest BCUT2D eigenvalue weighted by Gasteiger charge is -2.25. The number of fused-ring (bicyclic) bond motifs is 3. The second kappa shape index (κ2) is 7.46. The molecule has 160 valence electrons. The lowest BCUT2D eigenvalue weighted by molar-refractivity contribution is -0.135. The van der Waals surface area contributed by atoms with Gasteiger partial charge >= 0.3 is 5.97 Å². The number of hydrogen-bond donors (Lipinski definition) is 2. The molecular formula is C25H18O7. The van der Waals surface area contributed by atoms with Gasteiger partial charge < -0.3 is 24.1 Å². The second-order valence-electron chi connectivity index (χ2n) is 7.54. The van der Waals surface area contributed by atoms with Gasteiger partial charge in [-0.25, -0.2) is 0 Å². The van der Waals surface area contributed by atoms with Crippen LogP contribution in [0.5, 0.6) is 23.0 Å². The first kappa shape index (κ1) is 19.7. The molecule has 7 heteroatoms. The molecule has 0 saturated carbocycles. The molecule has 4 aromatic rings. The van der Waals surface area contributed by atoms with Crippen LogP contribution in [0.1, 0.15) is 23.5 Å². The van der Waals surface area contributed by atoms with Crippen LogP contribution in [-0.4, -0.2) is 23.3 Å². The summed E-state index contributed by atoms with van der Waals surface area (Å²) in [5.74, 6) is -0.221. The largest absolute Gasteiger partial charge is 0.508 e. The topological polar surface area (TPSA) is 106 Å². The Balaban J connectivity index is 1.71. The molecule has 2 N–H and O–H groups in total. The first-order valence-electron chi connectivity index (χ1n) is 9.91. The Hall–Kier alpha value is -4.26. The van der Waals surface area contributed by atoms with Crippen molar-refractivity contribution in [1.29, 1.82) is 0 Å². The van der Waals surface area contributed by atoms with Gasteiger partial charge in [0, 0.05) is 11.5 Å². The van der Waals surface area contributed by atoms with Crippen molar-refractivity contribution in [3.63, 3.8) is 0 Å². The fourth-order valence-electron chi connectivity index (χ4n) is 4.10. The summed E-state index contributed by atoms with van der Waals surface area (Å²) >= 11 is 0. The zero-order valence-corrected chi connectivity index (χ0v) is 17.0. The summed E-state index contributed by atoms with van der Waals surface area (Å²) in [6, 6.07) is 14.3. The fraction of sp³-hybridized carbons (Fsp3) is 0.120. The molecule has 0 radical (unpaired) electrons. The smallest absolute Gasteiger partial charge is 0.312 e. The van der Waals surface area contributed by atoms with E-state index in [0.717, 1.165) is 0 Å². The maximum atomic E-state index is 13.3. The Kier molecular flexibility index (Phi) is 4.59. The van der Waals surface area contributed by atoms with Gasteiger partial charge in [0.25, 0.3) is 0 Å². The number of phenolic OH excluding ortho intramolecular Hbond substituents is 2. The lowest BCUT2D eigenvalue weighted by Crippen LogP contribution is -2.22. The molecule has 32 heavy (non-hydrogen) atoms. The van der Waals surface area contributed by atoms with Gasteiger partial charge in [-0.15, -0.1) is 0 Å². The molecule has 0 bridgehead atoms. The Bertz CT molecular complexity index is 1420. The summed E-state index contributed by atoms with van der Waals surface area (Å²) in [4.78, 5) is 25.5. The van der Waals surface area contributed by atoms with Crippen LogP contribution in [0.15, 0.2) is 70.1 Å². The number of phenols is 2. The van der Waals surface area contributed by atoms with Crippen molar-refractivity contribution >= 4 is 16.9 Å². The molecule has 5 rings (SSSR count). The third-order valence-corrected chi connectivity index (χ3v) is 5.67. The Labute approximate surface area is 182 Å². The van der Waals surface area contributed by atoms with Crippen LogP contribution < -0.4 is 14.9 Å². The molecule has 0 aliphatic carbocycles. The highest BCUT2D eigenvalue weighted by molar-refractivity contribution is 5.90. The van der Waals surface area contributed by atoms with Gasteiger partial charge in [0.1, 0.15) is 23.3 Å². The first-order valence-corrected chi connectivity index (χ1v) is 9.91. The number of benzene rings is 3. The van der Waals surface area contributed by atoms with Crippen molar-refractivity contribution in [3.05, 3.63) is 82.2 Å². The minimum atomic E-state index is -0.477. The van der Waals surface area contributed by atoms with Crippen LogP contribution in [0.4, 0.5) is 0 Å². The number of esters is 1. The molecule has 0 unspecified atom stereocenters. The molecule has 1 aliphatic heterocycles. The minimum absolute atomic E-state index is 0.0291. The zero-order valence-electron chi connectivity index (χ0n) is 17.0. The summed E-state index contributed by atoms with van der Waals surface area (Å²) in [6.45, 7) is 0. The number of carbonyl (C=O) groups excluding carboxylic acids is 1. The van der Waals surface area contributed by atoms with Crippen molar-refractivity contribution < 1.29 is 28.9 Å². The second-order valence-corrected chi connectivity index (χ2v) is 7.54. The van der Waals surface area contributed by atoms with Crippen molar-refractivity contribution in [3.8, 4) is 34.1 Å². The molecular weight excluding hydrogens is 412 g/mol. The molecule has 3 aromatic carbocycles. The predicted octanol–water partition coefficient (Wildman–Crippen LogP) is 4.32. The number of aromatic hydroxyl groups is 2. The molecule has 0 spiro atoms. The number of carbonyl (C=O) groups is 1. The molecule has 0 saturated heterocycles. The van der Waals surface area contributed by atoms with Crippen LogP contribution in [0.2, 0.25) is 0 Å². The van der Waals surface area contributed by atoms with Crippen LogP contribution in [0, 0.1) is 0 Å². The van der Waals surface area contributed by atoms with Crippen molar-refractivity contribution in [1.82, 2.24) is 0 Å². The number of ether oxygens (including phenoxy) is 2. The maximum Gasteiger partial charge on any atom is 0.312 e. The summed E-state index contributed by atoms with van der Waals surface area (Å²) in [5, 5.41) is 20.1. The monoisotopic (exact) mass is 430 g/mol. The van der Waals surface area contributed by atoms with E-state index in [0.29, 0.717) is 44.7 Å². The SMILES string of the molecule is COc1ccc([C@H]2CC(=O)Oc3ccc4c(=O)c(-c5ccc(O)cc5)coc4c32)cc1O. The Morgan fingerprint density at radius 2 is 1.78 bits per heavy atom. The van der Waals surface area contributed by atoms with E-state index in [2.05, 4.69) is 0 Å². The van der Waals surface area contributed by atoms with E-state index in [1.807, 2.05) is 0 Å². The molecule has 0 amide bonds. The van der Waals surface area contributed by atoms with Gasteiger partial charge in [0.05, 0.1) is 24.5 Å². The third-order valence-electron chi connectivity index (χ3n) is 5.67. The van der Waals surface area contributed by atoms with E-state index in [-0.39, 0.29) is 23.3 Å². The molecule has 1 atom stereocenters. The highest BCUT2D eigenvalue weighted by Gasteiger charge is 2.32. The molecule has 1 aliphatic rings. The van der Waals surface area contributed by atoms with Crippen LogP contribution >= 0.6 is 0 Å². The van der Waals surface area contributed by atoms with Crippen molar-refractivity contribution in [2.75, 3.05) is 7.11 Å². The summed E-state index contributed by atoms with van der Waals surface area (Å²) in [5.41, 5.74) is 2.28. The van der Waals surface area contributed by atoms with Gasteiger partial charge in [-0.05, 0) is 47.5 Å². The lowest BCUT2D eigenvalue weighted by atomic mass is 9.85. The molecule has 2 heterocycles. The van der Waals surface area contributed by atoms with Gasteiger partial charge in [0.2, 0.25) is 5.43 Å². The summed E-state index contributed by atoms with van der Waals surface area (Å²) in [7, 11) is 1.45. The van der Waals surface area contributed by atoms with E-state index in [1.54, 1.807) is 36.4 Å². The normalized spacial score (nSPS) is 15.3. The van der Waals surface area contributed by atoms with E-state index in [9.17, 15) is 19.8 Å². The van der Waals surface area contributed by atoms with Crippen LogP contribution in [-0.2, 0) is 4.79 Å². The number of rotatable bonds is 3. The molecule has 7 nitrogen and oxygen atoms in total. The van der Waals surface area contributed by atoms with Gasteiger partial charge in [-0.2, -0.15) is 0 Å². The van der Waals surface area contributed by atoms with E-state index in [4.69, 9.17) is 13.9 Å². The highest BCUT2D eigenvalue weighted by Crippen LogP contribution is 2.44. The Morgan fingerprint density at radius 3 is 2.50 bits per heavy atom. The van der Waals surface area contributed by atoms with E-state index >= 15 is 0 Å². The summed E-state index contributed by atoms with van der Waals surface area (Å²) < 4.78 is 16.5. The van der Waals surface area contributed by atoms with E-state index in [1.165, 1.54) is 31.6 Å². The standard InChI is InChI=1S/C25H18O7/c1-30-20-8-4-14(10-19(20)27)17-11-22(28)32-21-9-7-16-24(29)18(12-31-25(16)23(17)21)13-2-5-15(26)6-3-13/h2-10,12,17,26-27H,11H2,1H3/t17-/m1/s1. The van der Waals surface area contributed by atoms with Gasteiger partial charge in [-0.3, -0.25) is 9.59 Å². The zero-order chi connectivity index (χ0) is 22.4. The maximum absolute atomic E-state index is 13.3. The number of hydrogen-bond acceptors (Lipinski definition) is 7. The van der Waals surface area contributed by atoms with E-state index < -0.39 is 11.9 Å². The van der Waals surface area contributed by atoms with Crippen molar-refractivity contribution in [2.45, 2.75) is 12.3 Å². The average Bonchev–Trinajstić information content (AvgIpc) is 2.79. The quantitative estimate of drug-likeness (QED) is 0.368. The third kappa shape index (κ3) is 3.15. The molecule has 1 aromatic heterocycles. The number of methoxy groups -OCH3 is 1.